The van der Waals surface area contributed by atoms with E-state index in [1.54, 1.807) is 7.11 Å². The van der Waals surface area contributed by atoms with Crippen molar-refractivity contribution in [3.63, 3.8) is 0 Å². The molecule has 0 aromatic carbocycles. The van der Waals surface area contributed by atoms with Gasteiger partial charge in [-0.05, 0) is 31.8 Å². The van der Waals surface area contributed by atoms with Crippen LogP contribution in [0.3, 0.4) is 0 Å². The van der Waals surface area contributed by atoms with Crippen LogP contribution in [0.4, 0.5) is 10.8 Å². The first-order valence-corrected chi connectivity index (χ1v) is 6.94. The molecule has 0 fully saturated rings. The van der Waals surface area contributed by atoms with Gasteiger partial charge in [0.2, 0.25) is 0 Å². The molecule has 0 aliphatic heterocycles. The fourth-order valence-electron chi connectivity index (χ4n) is 1.79. The zero-order valence-corrected chi connectivity index (χ0v) is 12.0. The monoisotopic (exact) mass is 257 g/mol. The van der Waals surface area contributed by atoms with E-state index in [4.69, 9.17) is 10.5 Å². The molecule has 1 rings (SSSR count). The Morgan fingerprint density at radius 2 is 2.12 bits per heavy atom. The van der Waals surface area contributed by atoms with E-state index in [9.17, 15) is 0 Å². The average molecular weight is 257 g/mol. The van der Waals surface area contributed by atoms with Gasteiger partial charge in [-0.1, -0.05) is 19.8 Å². The van der Waals surface area contributed by atoms with Gasteiger partial charge in [-0.3, -0.25) is 0 Å². The number of nitrogens with zero attached hydrogens (tertiary/aromatic N) is 2. The van der Waals surface area contributed by atoms with Crippen LogP contribution in [-0.2, 0) is 0 Å². The summed E-state index contributed by atoms with van der Waals surface area (Å²) in [4.78, 5) is 2.32. The number of hydrogen-bond donors (Lipinski definition) is 1. The van der Waals surface area contributed by atoms with Gasteiger partial charge in [0.15, 0.2) is 16.6 Å². The minimum atomic E-state index is 0.431. The van der Waals surface area contributed by atoms with E-state index in [1.165, 1.54) is 30.8 Å². The van der Waals surface area contributed by atoms with E-state index in [1.807, 2.05) is 0 Å². The molecule has 98 valence electrons. The van der Waals surface area contributed by atoms with Crippen molar-refractivity contribution in [2.24, 2.45) is 0 Å². The predicted octanol–water partition coefficient (Wildman–Crippen LogP) is 3.14. The number of nitrogen functional groups attached to an aromatic ring is 1. The third kappa shape index (κ3) is 3.49. The minimum Gasteiger partial charge on any atom is -0.490 e. The highest BCUT2D eigenvalue weighted by Gasteiger charge is 2.20. The molecule has 1 aromatic rings. The van der Waals surface area contributed by atoms with Gasteiger partial charge in [0.05, 0.1) is 7.11 Å². The molecular formula is C12H23N3OS. The van der Waals surface area contributed by atoms with Crippen LogP contribution >= 0.6 is 11.5 Å². The first-order valence-electron chi connectivity index (χ1n) is 6.17. The Bertz CT molecular complexity index is 338. The molecule has 0 bridgehead atoms. The molecule has 0 atom stereocenters. The third-order valence-electron chi connectivity index (χ3n) is 2.75. The van der Waals surface area contributed by atoms with E-state index < -0.39 is 0 Å². The van der Waals surface area contributed by atoms with Crippen molar-refractivity contribution >= 4 is 22.4 Å². The topological polar surface area (TPSA) is 51.4 Å². The fourth-order valence-corrected chi connectivity index (χ4v) is 2.73. The quantitative estimate of drug-likeness (QED) is 0.762. The van der Waals surface area contributed by atoms with E-state index >= 15 is 0 Å². The summed E-state index contributed by atoms with van der Waals surface area (Å²) in [7, 11) is 1.65. The maximum atomic E-state index is 5.79. The molecule has 2 N–H and O–H groups in total. The molecule has 0 aliphatic rings. The molecule has 0 spiro atoms. The third-order valence-corrected chi connectivity index (χ3v) is 3.63. The summed E-state index contributed by atoms with van der Waals surface area (Å²) in [6.45, 7) is 7.61. The molecule has 0 amide bonds. The van der Waals surface area contributed by atoms with Crippen LogP contribution in [0.25, 0.3) is 0 Å². The van der Waals surface area contributed by atoms with Crippen molar-refractivity contribution in [2.75, 3.05) is 24.3 Å². The van der Waals surface area contributed by atoms with Crippen molar-refractivity contribution in [2.45, 2.75) is 46.1 Å². The Labute approximate surface area is 108 Å². The summed E-state index contributed by atoms with van der Waals surface area (Å²) in [5, 5.41) is 1.05. The molecule has 1 heterocycles. The van der Waals surface area contributed by atoms with Gasteiger partial charge in [-0.15, -0.1) is 0 Å². The highest BCUT2D eigenvalue weighted by atomic mass is 32.1. The normalized spacial score (nSPS) is 10.9. The number of methoxy groups -OCH3 is 1. The number of rotatable bonds is 7. The van der Waals surface area contributed by atoms with Crippen LogP contribution in [0, 0.1) is 0 Å². The lowest BCUT2D eigenvalue weighted by Crippen LogP contribution is -2.31. The molecule has 0 saturated heterocycles. The molecule has 0 saturated carbocycles. The van der Waals surface area contributed by atoms with Gasteiger partial charge in [0.1, 0.15) is 0 Å². The molecule has 4 nitrogen and oxygen atoms in total. The van der Waals surface area contributed by atoms with Crippen molar-refractivity contribution in [1.29, 1.82) is 0 Å². The zero-order valence-electron chi connectivity index (χ0n) is 11.2. The number of ether oxygens (including phenoxy) is 1. The molecule has 5 heteroatoms. The molecule has 0 aliphatic carbocycles. The summed E-state index contributed by atoms with van der Waals surface area (Å²) in [6, 6.07) is 0.431. The second-order valence-corrected chi connectivity index (χ2v) is 5.15. The maximum absolute atomic E-state index is 5.79. The molecular weight excluding hydrogens is 234 g/mol. The Morgan fingerprint density at radius 1 is 1.41 bits per heavy atom. The van der Waals surface area contributed by atoms with Crippen LogP contribution in [0.5, 0.6) is 5.75 Å². The van der Waals surface area contributed by atoms with Gasteiger partial charge < -0.3 is 15.4 Å². The van der Waals surface area contributed by atoms with Gasteiger partial charge in [0.25, 0.3) is 0 Å². The summed E-state index contributed by atoms with van der Waals surface area (Å²) < 4.78 is 9.51. The minimum absolute atomic E-state index is 0.431. The Hall–Kier alpha value is -0.970. The number of anilines is 2. The Kier molecular flexibility index (Phi) is 5.55. The lowest BCUT2D eigenvalue weighted by molar-refractivity contribution is 0.416. The van der Waals surface area contributed by atoms with Gasteiger partial charge in [-0.25, -0.2) is 0 Å². The van der Waals surface area contributed by atoms with E-state index in [2.05, 4.69) is 30.0 Å². The lowest BCUT2D eigenvalue weighted by Gasteiger charge is -2.27. The number of aromatic nitrogens is 1. The average Bonchev–Trinajstić information content (AvgIpc) is 2.65. The van der Waals surface area contributed by atoms with Crippen LogP contribution < -0.4 is 15.4 Å². The van der Waals surface area contributed by atoms with Crippen molar-refractivity contribution < 1.29 is 4.74 Å². The van der Waals surface area contributed by atoms with Crippen LogP contribution in [0.15, 0.2) is 0 Å². The van der Waals surface area contributed by atoms with Crippen LogP contribution in [0.2, 0.25) is 0 Å². The van der Waals surface area contributed by atoms with Crippen LogP contribution in [-0.4, -0.2) is 24.1 Å². The Balaban J connectivity index is 2.81. The van der Waals surface area contributed by atoms with Crippen LogP contribution in [0.1, 0.15) is 40.0 Å². The number of hydrogen-bond acceptors (Lipinski definition) is 5. The van der Waals surface area contributed by atoms with Gasteiger partial charge in [-0.2, -0.15) is 4.37 Å². The fraction of sp³-hybridized carbons (Fsp3) is 0.750. The SMILES string of the molecule is CCCCCN(c1snc(N)c1OC)C(C)C. The maximum Gasteiger partial charge on any atom is 0.197 e. The Morgan fingerprint density at radius 3 is 2.65 bits per heavy atom. The predicted molar refractivity (Wildman–Crippen MR) is 75.1 cm³/mol. The summed E-state index contributed by atoms with van der Waals surface area (Å²) >= 11 is 1.42. The van der Waals surface area contributed by atoms with E-state index in [-0.39, 0.29) is 0 Å². The van der Waals surface area contributed by atoms with E-state index in [0.717, 1.165) is 17.3 Å². The summed E-state index contributed by atoms with van der Waals surface area (Å²) in [5.41, 5.74) is 5.79. The van der Waals surface area contributed by atoms with Crippen molar-refractivity contribution in [3.8, 4) is 5.75 Å². The lowest BCUT2D eigenvalue weighted by atomic mass is 10.2. The first-order chi connectivity index (χ1) is 8.11. The van der Waals surface area contributed by atoms with Gasteiger partial charge in [0, 0.05) is 12.6 Å². The zero-order chi connectivity index (χ0) is 12.8. The molecule has 1 aromatic heterocycles. The number of unbranched alkanes of at least 4 members (excludes halogenated alkanes) is 2. The molecule has 0 radical (unpaired) electrons. The van der Waals surface area contributed by atoms with Crippen molar-refractivity contribution in [3.05, 3.63) is 0 Å². The van der Waals surface area contributed by atoms with Crippen molar-refractivity contribution in [1.82, 2.24) is 4.37 Å². The highest BCUT2D eigenvalue weighted by molar-refractivity contribution is 7.11. The standard InChI is InChI=1S/C12H23N3OS/c1-5-6-7-8-15(9(2)3)12-10(16-4)11(13)14-17-12/h9H,5-8H2,1-4H3,(H2,13,14). The van der Waals surface area contributed by atoms with Gasteiger partial charge >= 0.3 is 0 Å². The molecule has 0 unspecified atom stereocenters. The first kappa shape index (κ1) is 14.1. The smallest absolute Gasteiger partial charge is 0.197 e. The van der Waals surface area contributed by atoms with E-state index in [0.29, 0.717) is 11.9 Å². The summed E-state index contributed by atoms with van der Waals surface area (Å²) in [6.07, 6.45) is 3.67. The number of nitrogens with two attached hydrogens (primary N) is 1. The highest BCUT2D eigenvalue weighted by Crippen LogP contribution is 2.38. The second-order valence-electron chi connectivity index (χ2n) is 4.40. The largest absolute Gasteiger partial charge is 0.490 e. The second kappa shape index (κ2) is 6.69. The molecule has 17 heavy (non-hydrogen) atoms. The summed E-state index contributed by atoms with van der Waals surface area (Å²) in [5.74, 6) is 1.22.